The maximum atomic E-state index is 12.8. The molecule has 2 aromatic rings. The molecule has 0 saturated carbocycles. The summed E-state index contributed by atoms with van der Waals surface area (Å²) in [5.74, 6) is -0.591. The Balaban J connectivity index is 1.89. The van der Waals surface area contributed by atoms with Gasteiger partial charge in [-0.1, -0.05) is 37.6 Å². The second kappa shape index (κ2) is 7.40. The zero-order valence-electron chi connectivity index (χ0n) is 14.6. The van der Waals surface area contributed by atoms with Crippen LogP contribution in [0.2, 0.25) is 0 Å². The number of aryl methyl sites for hydroxylation is 1. The van der Waals surface area contributed by atoms with E-state index in [9.17, 15) is 9.59 Å². The quantitative estimate of drug-likeness (QED) is 0.486. The van der Waals surface area contributed by atoms with Gasteiger partial charge >= 0.3 is 0 Å². The molecule has 0 radical (unpaired) electrons. The number of nitrogens with one attached hydrogen (secondary N) is 1. The van der Waals surface area contributed by atoms with Gasteiger partial charge in [0.1, 0.15) is 10.7 Å². The summed E-state index contributed by atoms with van der Waals surface area (Å²) in [6.07, 6.45) is 0. The molecule has 3 rings (SSSR count). The minimum absolute atomic E-state index is 0.0964. The molecule has 1 aliphatic heterocycles. The molecule has 2 amide bonds. The van der Waals surface area contributed by atoms with E-state index in [1.165, 1.54) is 0 Å². The van der Waals surface area contributed by atoms with Crippen LogP contribution < -0.4 is 10.2 Å². The number of anilines is 2. The molecule has 2 aromatic carbocycles. The minimum Gasteiger partial charge on any atom is -0.349 e. The van der Waals surface area contributed by atoms with Gasteiger partial charge in [-0.25, -0.2) is 4.90 Å². The van der Waals surface area contributed by atoms with Crippen LogP contribution >= 0.6 is 34.2 Å². The molecule has 1 aliphatic rings. The van der Waals surface area contributed by atoms with Crippen LogP contribution in [-0.4, -0.2) is 11.8 Å². The van der Waals surface area contributed by atoms with Gasteiger partial charge in [-0.15, -0.1) is 0 Å². The van der Waals surface area contributed by atoms with Crippen LogP contribution in [0.4, 0.5) is 11.4 Å². The molecular formula is C20H18ClIN2O2. The molecule has 4 nitrogen and oxygen atoms in total. The van der Waals surface area contributed by atoms with Gasteiger partial charge in [-0.3, -0.25) is 9.59 Å². The van der Waals surface area contributed by atoms with E-state index >= 15 is 0 Å². The monoisotopic (exact) mass is 480 g/mol. The van der Waals surface area contributed by atoms with Crippen molar-refractivity contribution >= 4 is 57.4 Å². The average Bonchev–Trinajstić information content (AvgIpc) is 2.80. The normalized spacial score (nSPS) is 14.6. The molecule has 0 aliphatic carbocycles. The van der Waals surface area contributed by atoms with Gasteiger partial charge in [0.15, 0.2) is 0 Å². The summed E-state index contributed by atoms with van der Waals surface area (Å²) in [6.45, 7) is 6.11. The number of carbonyl (C=O) groups is 2. The van der Waals surface area contributed by atoms with Crippen molar-refractivity contribution < 1.29 is 9.59 Å². The summed E-state index contributed by atoms with van der Waals surface area (Å²) in [6, 6.07) is 13.2. The fraction of sp³-hybridized carbons (Fsp3) is 0.200. The topological polar surface area (TPSA) is 49.4 Å². The van der Waals surface area contributed by atoms with Gasteiger partial charge in [-0.2, -0.15) is 0 Å². The Morgan fingerprint density at radius 3 is 2.27 bits per heavy atom. The van der Waals surface area contributed by atoms with Crippen LogP contribution in [0.1, 0.15) is 30.9 Å². The van der Waals surface area contributed by atoms with Crippen LogP contribution in [-0.2, 0) is 9.59 Å². The number of benzene rings is 2. The highest BCUT2D eigenvalue weighted by Crippen LogP contribution is 2.31. The molecule has 26 heavy (non-hydrogen) atoms. The van der Waals surface area contributed by atoms with Crippen molar-refractivity contribution in [3.63, 3.8) is 0 Å². The molecule has 0 spiro atoms. The number of halogens is 2. The van der Waals surface area contributed by atoms with Gasteiger partial charge < -0.3 is 5.32 Å². The van der Waals surface area contributed by atoms with Crippen LogP contribution in [0.15, 0.2) is 53.2 Å². The smallest absolute Gasteiger partial charge is 0.283 e. The van der Waals surface area contributed by atoms with Gasteiger partial charge in [-0.05, 0) is 76.9 Å². The third-order valence-electron chi connectivity index (χ3n) is 4.29. The standard InChI is InChI=1S/C20H18ClIN2O2/c1-11(2)13-4-7-15(8-5-13)24-19(25)17(21)18(20(24)26)23-16-9-6-14(22)10-12(16)3/h4-11,23H,1-3H3. The Kier molecular flexibility index (Phi) is 5.39. The maximum Gasteiger partial charge on any atom is 0.283 e. The molecule has 0 aromatic heterocycles. The summed E-state index contributed by atoms with van der Waals surface area (Å²) >= 11 is 8.41. The lowest BCUT2D eigenvalue weighted by molar-refractivity contribution is -0.120. The number of nitrogens with zero attached hydrogens (tertiary/aromatic N) is 1. The van der Waals surface area contributed by atoms with Crippen LogP contribution in [0.25, 0.3) is 0 Å². The number of hydrogen-bond donors (Lipinski definition) is 1. The van der Waals surface area contributed by atoms with Crippen molar-refractivity contribution in [3.05, 3.63) is 67.9 Å². The molecule has 1 heterocycles. The second-order valence-corrected chi connectivity index (χ2v) is 8.09. The molecule has 0 fully saturated rings. The largest absolute Gasteiger partial charge is 0.349 e. The SMILES string of the molecule is Cc1cc(I)ccc1NC1=C(Cl)C(=O)N(c2ccc(C(C)C)cc2)C1=O. The summed E-state index contributed by atoms with van der Waals surface area (Å²) < 4.78 is 1.09. The first-order valence-electron chi connectivity index (χ1n) is 8.21. The predicted octanol–water partition coefficient (Wildman–Crippen LogP) is 5.16. The Bertz CT molecular complexity index is 920. The maximum absolute atomic E-state index is 12.8. The minimum atomic E-state index is -0.514. The Morgan fingerprint density at radius 1 is 1.04 bits per heavy atom. The van der Waals surface area contributed by atoms with Crippen LogP contribution in [0, 0.1) is 10.5 Å². The van der Waals surface area contributed by atoms with E-state index in [0.29, 0.717) is 11.6 Å². The van der Waals surface area contributed by atoms with Crippen LogP contribution in [0.3, 0.4) is 0 Å². The molecule has 0 bridgehead atoms. The Hall–Kier alpha value is -1.86. The van der Waals surface area contributed by atoms with E-state index in [1.54, 1.807) is 12.1 Å². The first-order valence-corrected chi connectivity index (χ1v) is 9.67. The molecule has 1 N–H and O–H groups in total. The number of imide groups is 1. The highest BCUT2D eigenvalue weighted by atomic mass is 127. The fourth-order valence-corrected chi connectivity index (χ4v) is 3.62. The van der Waals surface area contributed by atoms with E-state index in [-0.39, 0.29) is 10.7 Å². The zero-order valence-corrected chi connectivity index (χ0v) is 17.6. The van der Waals surface area contributed by atoms with Crippen molar-refractivity contribution in [2.45, 2.75) is 26.7 Å². The summed E-state index contributed by atoms with van der Waals surface area (Å²) in [5.41, 5.74) is 3.47. The Morgan fingerprint density at radius 2 is 1.69 bits per heavy atom. The van der Waals surface area contributed by atoms with Gasteiger partial charge in [0.05, 0.1) is 5.69 Å². The first kappa shape index (κ1) is 18.9. The highest BCUT2D eigenvalue weighted by molar-refractivity contribution is 14.1. The van der Waals surface area contributed by atoms with Crippen molar-refractivity contribution in [1.82, 2.24) is 0 Å². The van der Waals surface area contributed by atoms with Gasteiger partial charge in [0, 0.05) is 9.26 Å². The third-order valence-corrected chi connectivity index (χ3v) is 5.32. The van der Waals surface area contributed by atoms with Gasteiger partial charge in [0.2, 0.25) is 0 Å². The molecule has 0 saturated heterocycles. The number of rotatable bonds is 4. The summed E-state index contributed by atoms with van der Waals surface area (Å²) in [4.78, 5) is 26.5. The van der Waals surface area contributed by atoms with E-state index in [2.05, 4.69) is 41.8 Å². The van der Waals surface area contributed by atoms with E-state index in [0.717, 1.165) is 25.3 Å². The number of carbonyl (C=O) groups excluding carboxylic acids is 2. The summed E-state index contributed by atoms with van der Waals surface area (Å²) in [7, 11) is 0. The highest BCUT2D eigenvalue weighted by Gasteiger charge is 2.39. The lowest BCUT2D eigenvalue weighted by atomic mass is 10.0. The van der Waals surface area contributed by atoms with E-state index in [1.807, 2.05) is 37.3 Å². The lowest BCUT2D eigenvalue weighted by Crippen LogP contribution is -2.32. The molecular weight excluding hydrogens is 463 g/mol. The number of hydrogen-bond acceptors (Lipinski definition) is 3. The molecule has 0 atom stereocenters. The average molecular weight is 481 g/mol. The summed E-state index contributed by atoms with van der Waals surface area (Å²) in [5, 5.41) is 2.93. The van der Waals surface area contributed by atoms with Crippen molar-refractivity contribution in [2.24, 2.45) is 0 Å². The van der Waals surface area contributed by atoms with E-state index in [4.69, 9.17) is 11.6 Å². The molecule has 6 heteroatoms. The Labute approximate surface area is 171 Å². The lowest BCUT2D eigenvalue weighted by Gasteiger charge is -2.16. The molecule has 0 unspecified atom stereocenters. The first-order chi connectivity index (χ1) is 12.3. The number of amides is 2. The van der Waals surface area contributed by atoms with Crippen molar-refractivity contribution in [2.75, 3.05) is 10.2 Å². The zero-order chi connectivity index (χ0) is 19.0. The third kappa shape index (κ3) is 3.50. The van der Waals surface area contributed by atoms with E-state index < -0.39 is 11.8 Å². The van der Waals surface area contributed by atoms with Crippen molar-refractivity contribution in [3.8, 4) is 0 Å². The second-order valence-electron chi connectivity index (χ2n) is 6.47. The van der Waals surface area contributed by atoms with Crippen LogP contribution in [0.5, 0.6) is 0 Å². The molecule has 134 valence electrons. The predicted molar refractivity (Wildman–Crippen MR) is 113 cm³/mol. The fourth-order valence-electron chi connectivity index (χ4n) is 2.76. The van der Waals surface area contributed by atoms with Gasteiger partial charge in [0.25, 0.3) is 11.8 Å². The van der Waals surface area contributed by atoms with Crippen molar-refractivity contribution in [1.29, 1.82) is 0 Å².